The van der Waals surface area contributed by atoms with Gasteiger partial charge in [-0.25, -0.2) is 8.42 Å². The van der Waals surface area contributed by atoms with Gasteiger partial charge in [0.1, 0.15) is 11.8 Å². The van der Waals surface area contributed by atoms with E-state index in [1.54, 1.807) is 26.2 Å². The molecule has 2 aromatic carbocycles. The summed E-state index contributed by atoms with van der Waals surface area (Å²) in [6.07, 6.45) is 1.58. The molecule has 2 rings (SSSR count). The molecule has 2 amide bonds. The lowest BCUT2D eigenvalue weighted by molar-refractivity contribution is -0.140. The van der Waals surface area contributed by atoms with Crippen LogP contribution in [0.15, 0.2) is 48.5 Å². The molecular formula is C26H37N3O5S. The van der Waals surface area contributed by atoms with Crippen LogP contribution in [0.2, 0.25) is 0 Å². The highest BCUT2D eigenvalue weighted by molar-refractivity contribution is 7.92. The number of benzene rings is 2. The van der Waals surface area contributed by atoms with E-state index in [1.807, 2.05) is 57.2 Å². The van der Waals surface area contributed by atoms with Gasteiger partial charge in [0.25, 0.3) is 0 Å². The molecule has 0 aromatic heterocycles. The third-order valence-electron chi connectivity index (χ3n) is 5.65. The Morgan fingerprint density at radius 2 is 1.66 bits per heavy atom. The minimum atomic E-state index is -3.52. The van der Waals surface area contributed by atoms with Crippen molar-refractivity contribution in [3.8, 4) is 5.75 Å². The van der Waals surface area contributed by atoms with Gasteiger partial charge in [-0.2, -0.15) is 0 Å². The third kappa shape index (κ3) is 8.28. The first-order valence-electron chi connectivity index (χ1n) is 11.7. The number of para-hydroxylation sites is 1. The first-order chi connectivity index (χ1) is 16.4. The molecule has 0 aliphatic rings. The maximum absolute atomic E-state index is 13.3. The molecule has 0 spiro atoms. The van der Waals surface area contributed by atoms with Gasteiger partial charge in [0.2, 0.25) is 21.8 Å². The van der Waals surface area contributed by atoms with Crippen molar-refractivity contribution in [1.82, 2.24) is 10.2 Å². The number of anilines is 1. The van der Waals surface area contributed by atoms with Gasteiger partial charge in [0, 0.05) is 25.6 Å². The minimum Gasteiger partial charge on any atom is -0.497 e. The van der Waals surface area contributed by atoms with E-state index in [-0.39, 0.29) is 37.4 Å². The molecule has 9 heteroatoms. The van der Waals surface area contributed by atoms with Crippen LogP contribution in [0, 0.1) is 6.92 Å². The monoisotopic (exact) mass is 503 g/mol. The van der Waals surface area contributed by atoms with Crippen molar-refractivity contribution in [1.29, 1.82) is 0 Å². The number of rotatable bonds is 12. The summed E-state index contributed by atoms with van der Waals surface area (Å²) in [6.45, 7) is 7.71. The van der Waals surface area contributed by atoms with Crippen LogP contribution in [-0.4, -0.2) is 57.1 Å². The van der Waals surface area contributed by atoms with E-state index in [0.29, 0.717) is 17.9 Å². The van der Waals surface area contributed by atoms with Gasteiger partial charge in [-0.1, -0.05) is 30.3 Å². The van der Waals surface area contributed by atoms with Gasteiger partial charge in [0.05, 0.1) is 19.1 Å². The molecule has 0 radical (unpaired) electrons. The largest absolute Gasteiger partial charge is 0.497 e. The molecule has 0 saturated heterocycles. The summed E-state index contributed by atoms with van der Waals surface area (Å²) in [6, 6.07) is 13.8. The molecule has 192 valence electrons. The highest BCUT2D eigenvalue weighted by atomic mass is 32.2. The Labute approximate surface area is 209 Å². The van der Waals surface area contributed by atoms with Crippen LogP contribution in [-0.2, 0) is 26.2 Å². The summed E-state index contributed by atoms with van der Waals surface area (Å²) in [5, 5.41) is 2.86. The molecule has 0 saturated carbocycles. The van der Waals surface area contributed by atoms with E-state index < -0.39 is 16.1 Å². The zero-order chi connectivity index (χ0) is 26.2. The molecule has 2 aromatic rings. The van der Waals surface area contributed by atoms with Crippen molar-refractivity contribution < 1.29 is 22.7 Å². The number of carbonyl (C=O) groups is 2. The molecular weight excluding hydrogens is 466 g/mol. The van der Waals surface area contributed by atoms with Crippen molar-refractivity contribution in [3.63, 3.8) is 0 Å². The number of carbonyl (C=O) groups excluding carboxylic acids is 2. The quantitative estimate of drug-likeness (QED) is 0.478. The predicted octanol–water partition coefficient (Wildman–Crippen LogP) is 3.49. The second kappa shape index (κ2) is 12.6. The normalized spacial score (nSPS) is 12.2. The summed E-state index contributed by atoms with van der Waals surface area (Å²) < 4.78 is 31.4. The van der Waals surface area contributed by atoms with E-state index in [2.05, 4.69) is 5.32 Å². The molecule has 8 nitrogen and oxygen atoms in total. The number of sulfonamides is 1. The molecule has 0 aliphatic heterocycles. The molecule has 0 bridgehead atoms. The van der Waals surface area contributed by atoms with Gasteiger partial charge >= 0.3 is 0 Å². The number of amides is 2. The van der Waals surface area contributed by atoms with Crippen LogP contribution in [0.5, 0.6) is 5.75 Å². The number of hydrogen-bond acceptors (Lipinski definition) is 5. The number of ether oxygens (including phenoxy) is 1. The Kier molecular flexibility index (Phi) is 10.1. The lowest BCUT2D eigenvalue weighted by Gasteiger charge is -2.30. The van der Waals surface area contributed by atoms with Gasteiger partial charge < -0.3 is 15.0 Å². The maximum atomic E-state index is 13.3. The number of nitrogens with one attached hydrogen (secondary N) is 1. The van der Waals surface area contributed by atoms with Crippen molar-refractivity contribution in [2.75, 3.05) is 24.2 Å². The number of aryl methyl sites for hydroxylation is 1. The summed E-state index contributed by atoms with van der Waals surface area (Å²) in [5.74, 6) is 0.249. The Hall–Kier alpha value is -3.07. The van der Waals surface area contributed by atoms with Crippen LogP contribution in [0.4, 0.5) is 5.69 Å². The van der Waals surface area contributed by atoms with Crippen molar-refractivity contribution in [2.45, 2.75) is 59.2 Å². The first kappa shape index (κ1) is 28.2. The molecule has 35 heavy (non-hydrogen) atoms. The first-order valence-corrected chi connectivity index (χ1v) is 13.5. The summed E-state index contributed by atoms with van der Waals surface area (Å²) >= 11 is 0. The number of hydrogen-bond donors (Lipinski definition) is 1. The third-order valence-corrected chi connectivity index (χ3v) is 6.83. The van der Waals surface area contributed by atoms with Gasteiger partial charge in [-0.05, 0) is 63.4 Å². The fourth-order valence-corrected chi connectivity index (χ4v) is 4.76. The van der Waals surface area contributed by atoms with Crippen molar-refractivity contribution in [2.24, 2.45) is 0 Å². The van der Waals surface area contributed by atoms with E-state index in [9.17, 15) is 18.0 Å². The zero-order valence-electron chi connectivity index (χ0n) is 21.4. The van der Waals surface area contributed by atoms with E-state index in [0.717, 1.165) is 17.4 Å². The Morgan fingerprint density at radius 1 is 1.03 bits per heavy atom. The maximum Gasteiger partial charge on any atom is 0.242 e. The van der Waals surface area contributed by atoms with E-state index >= 15 is 0 Å². The molecule has 0 heterocycles. The standard InChI is InChI=1S/C26H37N3O5S/c1-19(2)27-26(31)21(4)28(18-22-13-15-23(34-5)16-14-22)25(30)12-9-17-29(35(6,32)33)24-11-8-7-10-20(24)3/h7-8,10-11,13-16,19,21H,9,12,17-18H2,1-6H3,(H,27,31)/t21-/m0/s1. The van der Waals surface area contributed by atoms with Gasteiger partial charge in [0.15, 0.2) is 0 Å². The van der Waals surface area contributed by atoms with E-state index in [4.69, 9.17) is 4.74 Å². The molecule has 0 aliphatic carbocycles. The van der Waals surface area contributed by atoms with Crippen LogP contribution in [0.3, 0.4) is 0 Å². The average molecular weight is 504 g/mol. The van der Waals surface area contributed by atoms with Crippen LogP contribution < -0.4 is 14.4 Å². The lowest BCUT2D eigenvalue weighted by atomic mass is 10.1. The summed E-state index contributed by atoms with van der Waals surface area (Å²) in [7, 11) is -1.94. The summed E-state index contributed by atoms with van der Waals surface area (Å²) in [5.41, 5.74) is 2.30. The predicted molar refractivity (Wildman–Crippen MR) is 139 cm³/mol. The Balaban J connectivity index is 2.18. The zero-order valence-corrected chi connectivity index (χ0v) is 22.3. The lowest BCUT2D eigenvalue weighted by Crippen LogP contribution is -2.49. The molecule has 0 unspecified atom stereocenters. The second-order valence-electron chi connectivity index (χ2n) is 8.93. The minimum absolute atomic E-state index is 0.0553. The van der Waals surface area contributed by atoms with Crippen LogP contribution >= 0.6 is 0 Å². The van der Waals surface area contributed by atoms with Gasteiger partial charge in [-0.3, -0.25) is 13.9 Å². The highest BCUT2D eigenvalue weighted by Gasteiger charge is 2.27. The smallest absolute Gasteiger partial charge is 0.242 e. The van der Waals surface area contributed by atoms with Gasteiger partial charge in [-0.15, -0.1) is 0 Å². The molecule has 1 N–H and O–H groups in total. The van der Waals surface area contributed by atoms with Crippen LogP contribution in [0.25, 0.3) is 0 Å². The Morgan fingerprint density at radius 3 is 2.20 bits per heavy atom. The fraction of sp³-hybridized carbons (Fsp3) is 0.462. The van der Waals surface area contributed by atoms with E-state index in [1.165, 1.54) is 9.21 Å². The average Bonchev–Trinajstić information content (AvgIpc) is 2.79. The Bertz CT molecular complexity index is 1100. The summed E-state index contributed by atoms with van der Waals surface area (Å²) in [4.78, 5) is 27.5. The number of methoxy groups -OCH3 is 1. The van der Waals surface area contributed by atoms with Crippen LogP contribution in [0.1, 0.15) is 44.7 Å². The van der Waals surface area contributed by atoms with Crippen molar-refractivity contribution >= 4 is 27.5 Å². The molecule has 0 fully saturated rings. The fourth-order valence-electron chi connectivity index (χ4n) is 3.74. The SMILES string of the molecule is COc1ccc(CN(C(=O)CCCN(c2ccccc2C)S(C)(=O)=O)[C@@H](C)C(=O)NC(C)C)cc1. The molecule has 1 atom stereocenters. The topological polar surface area (TPSA) is 96.0 Å². The highest BCUT2D eigenvalue weighted by Crippen LogP contribution is 2.23. The second-order valence-corrected chi connectivity index (χ2v) is 10.8. The van der Waals surface area contributed by atoms with Crippen molar-refractivity contribution in [3.05, 3.63) is 59.7 Å². The number of nitrogens with zero attached hydrogens (tertiary/aromatic N) is 2.